The maximum atomic E-state index is 13.0. The van der Waals surface area contributed by atoms with Gasteiger partial charge in [-0.3, -0.25) is 14.7 Å². The van der Waals surface area contributed by atoms with Gasteiger partial charge in [0.15, 0.2) is 5.60 Å². The zero-order chi connectivity index (χ0) is 22.4. The maximum Gasteiger partial charge on any atom is 0.253 e. The lowest BCUT2D eigenvalue weighted by Crippen LogP contribution is -2.61. The molecule has 1 fully saturated rings. The molecule has 1 aromatic heterocycles. The molecule has 2 heterocycles. The third-order valence-electron chi connectivity index (χ3n) is 6.26. The molecule has 0 unspecified atom stereocenters. The standard InChI is InChI=1S/C27H31N3O2/c1-21(23-6-4-3-5-7-23)19-30-16-17-32-27(20-30,26(31)28-2)18-22-8-10-24(11-9-22)25-12-14-29-15-13-25/h3-15,21H,16-20H2,1-2H3,(H,28,31)/t21-,27+/m0/s1. The number of hydrogen-bond donors (Lipinski definition) is 1. The highest BCUT2D eigenvalue weighted by Crippen LogP contribution is 2.27. The highest BCUT2D eigenvalue weighted by molar-refractivity contribution is 5.86. The number of aromatic nitrogens is 1. The molecule has 1 saturated heterocycles. The summed E-state index contributed by atoms with van der Waals surface area (Å²) >= 11 is 0. The zero-order valence-corrected chi connectivity index (χ0v) is 18.8. The number of nitrogens with one attached hydrogen (secondary N) is 1. The number of amides is 1. The number of likely N-dealkylation sites (N-methyl/N-ethyl adjacent to an activating group) is 1. The van der Waals surface area contributed by atoms with Gasteiger partial charge in [0.05, 0.1) is 6.61 Å². The highest BCUT2D eigenvalue weighted by Gasteiger charge is 2.43. The van der Waals surface area contributed by atoms with E-state index in [2.05, 4.69) is 70.7 Å². The number of carbonyl (C=O) groups is 1. The average Bonchev–Trinajstić information content (AvgIpc) is 2.85. The van der Waals surface area contributed by atoms with Crippen molar-refractivity contribution in [3.05, 3.63) is 90.3 Å². The van der Waals surface area contributed by atoms with Crippen LogP contribution >= 0.6 is 0 Å². The number of nitrogens with zero attached hydrogens (tertiary/aromatic N) is 2. The second-order valence-corrected chi connectivity index (χ2v) is 8.58. The Morgan fingerprint density at radius 2 is 1.75 bits per heavy atom. The molecule has 32 heavy (non-hydrogen) atoms. The molecule has 5 heteroatoms. The van der Waals surface area contributed by atoms with E-state index < -0.39 is 5.60 Å². The van der Waals surface area contributed by atoms with E-state index in [1.54, 1.807) is 19.4 Å². The topological polar surface area (TPSA) is 54.5 Å². The minimum absolute atomic E-state index is 0.0622. The lowest BCUT2D eigenvalue weighted by atomic mass is 9.89. The van der Waals surface area contributed by atoms with Crippen molar-refractivity contribution in [1.29, 1.82) is 0 Å². The summed E-state index contributed by atoms with van der Waals surface area (Å²) in [7, 11) is 1.69. The number of morpholine rings is 1. The van der Waals surface area contributed by atoms with Gasteiger partial charge in [0, 0.05) is 45.5 Å². The summed E-state index contributed by atoms with van der Waals surface area (Å²) < 4.78 is 6.19. The van der Waals surface area contributed by atoms with Gasteiger partial charge in [0.25, 0.3) is 5.91 Å². The second-order valence-electron chi connectivity index (χ2n) is 8.58. The third-order valence-corrected chi connectivity index (χ3v) is 6.26. The van der Waals surface area contributed by atoms with Gasteiger partial charge in [0.1, 0.15) is 0 Å². The summed E-state index contributed by atoms with van der Waals surface area (Å²) in [6.07, 6.45) is 4.13. The van der Waals surface area contributed by atoms with Gasteiger partial charge in [-0.25, -0.2) is 0 Å². The molecule has 3 aromatic rings. The second kappa shape index (κ2) is 10.1. The van der Waals surface area contributed by atoms with Crippen molar-refractivity contribution in [3.8, 4) is 11.1 Å². The van der Waals surface area contributed by atoms with Crippen LogP contribution in [0.5, 0.6) is 0 Å². The monoisotopic (exact) mass is 429 g/mol. The minimum atomic E-state index is -0.887. The summed E-state index contributed by atoms with van der Waals surface area (Å²) in [5, 5.41) is 2.84. The number of ether oxygens (including phenoxy) is 1. The van der Waals surface area contributed by atoms with Gasteiger partial charge in [-0.1, -0.05) is 61.5 Å². The van der Waals surface area contributed by atoms with Gasteiger partial charge in [-0.05, 0) is 40.3 Å². The molecular weight excluding hydrogens is 398 g/mol. The zero-order valence-electron chi connectivity index (χ0n) is 18.8. The summed E-state index contributed by atoms with van der Waals surface area (Å²) in [6.45, 7) is 5.09. The Kier molecular flexibility index (Phi) is 6.98. The van der Waals surface area contributed by atoms with E-state index in [0.717, 1.165) is 29.8 Å². The minimum Gasteiger partial charge on any atom is -0.362 e. The van der Waals surface area contributed by atoms with Crippen molar-refractivity contribution in [3.63, 3.8) is 0 Å². The molecule has 5 nitrogen and oxygen atoms in total. The molecule has 0 spiro atoms. The van der Waals surface area contributed by atoms with Crippen LogP contribution < -0.4 is 5.32 Å². The van der Waals surface area contributed by atoms with E-state index in [-0.39, 0.29) is 5.91 Å². The molecule has 4 rings (SSSR count). The van der Waals surface area contributed by atoms with E-state index in [4.69, 9.17) is 4.74 Å². The first kappa shape index (κ1) is 22.2. The van der Waals surface area contributed by atoms with E-state index in [9.17, 15) is 4.79 Å². The van der Waals surface area contributed by atoms with Crippen LogP contribution in [-0.4, -0.2) is 54.7 Å². The smallest absolute Gasteiger partial charge is 0.253 e. The number of benzene rings is 2. The van der Waals surface area contributed by atoms with Crippen molar-refractivity contribution in [2.75, 3.05) is 33.3 Å². The Balaban J connectivity index is 1.50. The van der Waals surface area contributed by atoms with E-state index in [0.29, 0.717) is 25.5 Å². The molecule has 2 atom stereocenters. The van der Waals surface area contributed by atoms with E-state index in [1.165, 1.54) is 5.56 Å². The van der Waals surface area contributed by atoms with Crippen LogP contribution in [0.3, 0.4) is 0 Å². The fourth-order valence-electron chi connectivity index (χ4n) is 4.53. The lowest BCUT2D eigenvalue weighted by molar-refractivity contribution is -0.159. The van der Waals surface area contributed by atoms with Gasteiger partial charge in [-0.15, -0.1) is 0 Å². The number of carbonyl (C=O) groups excluding carboxylic acids is 1. The molecule has 0 aliphatic carbocycles. The third kappa shape index (κ3) is 5.06. The quantitative estimate of drug-likeness (QED) is 0.619. The lowest BCUT2D eigenvalue weighted by Gasteiger charge is -2.42. The summed E-state index contributed by atoms with van der Waals surface area (Å²) in [5.74, 6) is 0.323. The van der Waals surface area contributed by atoms with E-state index >= 15 is 0 Å². The molecule has 1 N–H and O–H groups in total. The molecule has 0 saturated carbocycles. The Bertz CT molecular complexity index is 1010. The number of pyridine rings is 1. The summed E-state index contributed by atoms with van der Waals surface area (Å²) in [6, 6.07) is 22.9. The summed E-state index contributed by atoms with van der Waals surface area (Å²) in [4.78, 5) is 19.5. The molecule has 2 aromatic carbocycles. The Morgan fingerprint density at radius 3 is 2.44 bits per heavy atom. The van der Waals surface area contributed by atoms with Crippen LogP contribution in [0.15, 0.2) is 79.1 Å². The summed E-state index contributed by atoms with van der Waals surface area (Å²) in [5.41, 5.74) is 3.78. The largest absolute Gasteiger partial charge is 0.362 e. The van der Waals surface area contributed by atoms with Crippen LogP contribution in [0, 0.1) is 0 Å². The molecular formula is C27H31N3O2. The first-order chi connectivity index (χ1) is 15.6. The Labute approximate surface area is 190 Å². The van der Waals surface area contributed by atoms with Crippen molar-refractivity contribution in [2.45, 2.75) is 24.9 Å². The van der Waals surface area contributed by atoms with Crippen molar-refractivity contribution >= 4 is 5.91 Å². The van der Waals surface area contributed by atoms with Crippen molar-refractivity contribution in [1.82, 2.24) is 15.2 Å². The molecule has 1 amide bonds. The fraction of sp³-hybridized carbons (Fsp3) is 0.333. The first-order valence-corrected chi connectivity index (χ1v) is 11.2. The van der Waals surface area contributed by atoms with Crippen LogP contribution in [-0.2, 0) is 16.0 Å². The van der Waals surface area contributed by atoms with Crippen molar-refractivity contribution in [2.24, 2.45) is 0 Å². The van der Waals surface area contributed by atoms with Gasteiger partial charge >= 0.3 is 0 Å². The fourth-order valence-corrected chi connectivity index (χ4v) is 4.53. The normalized spacial score (nSPS) is 19.9. The SMILES string of the molecule is CNC(=O)[C@@]1(Cc2ccc(-c3ccncc3)cc2)CN(C[C@H](C)c2ccccc2)CCO1. The molecule has 166 valence electrons. The predicted octanol–water partition coefficient (Wildman–Crippen LogP) is 3.91. The molecule has 1 aliphatic heterocycles. The number of hydrogen-bond acceptors (Lipinski definition) is 4. The number of rotatable bonds is 7. The van der Waals surface area contributed by atoms with E-state index in [1.807, 2.05) is 18.2 Å². The molecule has 0 radical (unpaired) electrons. The first-order valence-electron chi connectivity index (χ1n) is 11.2. The Morgan fingerprint density at radius 1 is 1.06 bits per heavy atom. The predicted molar refractivity (Wildman–Crippen MR) is 127 cm³/mol. The van der Waals surface area contributed by atoms with Crippen LogP contribution in [0.25, 0.3) is 11.1 Å². The highest BCUT2D eigenvalue weighted by atomic mass is 16.5. The van der Waals surface area contributed by atoms with Crippen LogP contribution in [0.2, 0.25) is 0 Å². The van der Waals surface area contributed by atoms with Gasteiger partial charge in [0.2, 0.25) is 0 Å². The van der Waals surface area contributed by atoms with Gasteiger partial charge < -0.3 is 10.1 Å². The molecule has 0 bridgehead atoms. The van der Waals surface area contributed by atoms with Gasteiger partial charge in [-0.2, -0.15) is 0 Å². The average molecular weight is 430 g/mol. The maximum absolute atomic E-state index is 13.0. The van der Waals surface area contributed by atoms with Crippen LogP contribution in [0.4, 0.5) is 0 Å². The molecule has 1 aliphatic rings. The van der Waals surface area contributed by atoms with Crippen molar-refractivity contribution < 1.29 is 9.53 Å². The van der Waals surface area contributed by atoms with Crippen LogP contribution in [0.1, 0.15) is 24.0 Å². The Hall–Kier alpha value is -3.02.